The standard InChI is InChI=1S/C15H17Cl2NO3/c1-2-3-4-14(19)18-12(9-15(20)21)7-10-5-6-11(16)8-13(10)17/h2,5-6,8,12H,1,3-4,7,9H2,(H,18,19)(H,20,21)/t12-/m0/s1. The number of hydrogen-bond donors (Lipinski definition) is 2. The molecule has 0 radical (unpaired) electrons. The fourth-order valence-corrected chi connectivity index (χ4v) is 2.36. The number of carbonyl (C=O) groups is 2. The molecule has 1 aromatic rings. The second-order valence-corrected chi connectivity index (χ2v) is 5.47. The van der Waals surface area contributed by atoms with Crippen molar-refractivity contribution in [1.82, 2.24) is 5.32 Å². The lowest BCUT2D eigenvalue weighted by molar-refractivity contribution is -0.137. The van der Waals surface area contributed by atoms with Crippen molar-refractivity contribution in [2.45, 2.75) is 31.7 Å². The summed E-state index contributed by atoms with van der Waals surface area (Å²) in [4.78, 5) is 22.6. The number of halogens is 2. The average Bonchev–Trinajstić information content (AvgIpc) is 2.38. The van der Waals surface area contributed by atoms with Gasteiger partial charge in [0.25, 0.3) is 0 Å². The van der Waals surface area contributed by atoms with Gasteiger partial charge in [0.05, 0.1) is 6.42 Å². The Morgan fingerprint density at radius 3 is 2.67 bits per heavy atom. The van der Waals surface area contributed by atoms with Crippen LogP contribution >= 0.6 is 23.2 Å². The summed E-state index contributed by atoms with van der Waals surface area (Å²) in [5.41, 5.74) is 0.747. The zero-order chi connectivity index (χ0) is 15.8. The lowest BCUT2D eigenvalue weighted by atomic mass is 10.0. The summed E-state index contributed by atoms with van der Waals surface area (Å²) in [7, 11) is 0. The number of amides is 1. The van der Waals surface area contributed by atoms with Crippen LogP contribution in [0, 0.1) is 0 Å². The second kappa shape index (κ2) is 8.70. The van der Waals surface area contributed by atoms with E-state index in [9.17, 15) is 9.59 Å². The number of benzene rings is 1. The Morgan fingerprint density at radius 2 is 2.10 bits per heavy atom. The Labute approximate surface area is 133 Å². The number of aliphatic carboxylic acids is 1. The van der Waals surface area contributed by atoms with Crippen LogP contribution < -0.4 is 5.32 Å². The van der Waals surface area contributed by atoms with Crippen molar-refractivity contribution in [2.24, 2.45) is 0 Å². The van der Waals surface area contributed by atoms with E-state index in [-0.39, 0.29) is 18.7 Å². The van der Waals surface area contributed by atoms with Crippen LogP contribution in [0.1, 0.15) is 24.8 Å². The van der Waals surface area contributed by atoms with Gasteiger partial charge in [-0.3, -0.25) is 9.59 Å². The van der Waals surface area contributed by atoms with Crippen molar-refractivity contribution in [3.8, 4) is 0 Å². The highest BCUT2D eigenvalue weighted by atomic mass is 35.5. The molecular weight excluding hydrogens is 313 g/mol. The lowest BCUT2D eigenvalue weighted by Gasteiger charge is -2.17. The molecule has 0 aliphatic rings. The van der Waals surface area contributed by atoms with Crippen LogP contribution in [0.4, 0.5) is 0 Å². The first kappa shape index (κ1) is 17.5. The minimum Gasteiger partial charge on any atom is -0.481 e. The molecule has 21 heavy (non-hydrogen) atoms. The van der Waals surface area contributed by atoms with Gasteiger partial charge in [0, 0.05) is 22.5 Å². The monoisotopic (exact) mass is 329 g/mol. The number of hydrogen-bond acceptors (Lipinski definition) is 2. The zero-order valence-electron chi connectivity index (χ0n) is 11.4. The van der Waals surface area contributed by atoms with Crippen molar-refractivity contribution >= 4 is 35.1 Å². The van der Waals surface area contributed by atoms with Crippen molar-refractivity contribution < 1.29 is 14.7 Å². The molecule has 1 amide bonds. The van der Waals surface area contributed by atoms with E-state index in [1.54, 1.807) is 24.3 Å². The third kappa shape index (κ3) is 6.65. The van der Waals surface area contributed by atoms with Gasteiger partial charge in [0.15, 0.2) is 0 Å². The van der Waals surface area contributed by atoms with Crippen molar-refractivity contribution in [3.05, 3.63) is 46.5 Å². The van der Waals surface area contributed by atoms with Gasteiger partial charge in [-0.1, -0.05) is 35.3 Å². The predicted octanol–water partition coefficient (Wildman–Crippen LogP) is 3.46. The fraction of sp³-hybridized carbons (Fsp3) is 0.333. The molecule has 0 bridgehead atoms. The molecule has 1 atom stereocenters. The second-order valence-electron chi connectivity index (χ2n) is 4.63. The molecule has 0 spiro atoms. The topological polar surface area (TPSA) is 66.4 Å². The maximum atomic E-state index is 11.7. The van der Waals surface area contributed by atoms with Crippen molar-refractivity contribution in [2.75, 3.05) is 0 Å². The molecule has 0 aliphatic heterocycles. The van der Waals surface area contributed by atoms with E-state index in [1.165, 1.54) is 0 Å². The largest absolute Gasteiger partial charge is 0.481 e. The Bertz CT molecular complexity index is 532. The molecular formula is C15H17Cl2NO3. The molecule has 0 unspecified atom stereocenters. The van der Waals surface area contributed by atoms with E-state index in [2.05, 4.69) is 11.9 Å². The van der Waals surface area contributed by atoms with E-state index < -0.39 is 12.0 Å². The number of allylic oxidation sites excluding steroid dienone is 1. The van der Waals surface area contributed by atoms with Gasteiger partial charge in [0.1, 0.15) is 0 Å². The highest BCUT2D eigenvalue weighted by molar-refractivity contribution is 6.35. The van der Waals surface area contributed by atoms with Gasteiger partial charge in [-0.2, -0.15) is 0 Å². The quantitative estimate of drug-likeness (QED) is 0.718. The average molecular weight is 330 g/mol. The SMILES string of the molecule is C=CCCC(=O)N[C@H](CC(=O)O)Cc1ccc(Cl)cc1Cl. The Balaban J connectivity index is 2.75. The summed E-state index contributed by atoms with van der Waals surface area (Å²) in [5.74, 6) is -1.18. The van der Waals surface area contributed by atoms with Gasteiger partial charge in [-0.15, -0.1) is 6.58 Å². The fourth-order valence-electron chi connectivity index (χ4n) is 1.87. The smallest absolute Gasteiger partial charge is 0.305 e. The van der Waals surface area contributed by atoms with Crippen LogP contribution in [0.2, 0.25) is 10.0 Å². The summed E-state index contributed by atoms with van der Waals surface area (Å²) >= 11 is 11.9. The van der Waals surface area contributed by atoms with Crippen LogP contribution in [0.25, 0.3) is 0 Å². The number of nitrogens with one attached hydrogen (secondary N) is 1. The summed E-state index contributed by atoms with van der Waals surface area (Å²) in [6.45, 7) is 3.54. The summed E-state index contributed by atoms with van der Waals surface area (Å²) < 4.78 is 0. The zero-order valence-corrected chi connectivity index (χ0v) is 13.0. The highest BCUT2D eigenvalue weighted by Gasteiger charge is 2.17. The Hall–Kier alpha value is -1.52. The van der Waals surface area contributed by atoms with Crippen molar-refractivity contribution in [1.29, 1.82) is 0 Å². The summed E-state index contributed by atoms with van der Waals surface area (Å²) in [5, 5.41) is 12.6. The normalized spacial score (nSPS) is 11.7. The predicted molar refractivity (Wildman–Crippen MR) is 83.8 cm³/mol. The van der Waals surface area contributed by atoms with E-state index >= 15 is 0 Å². The maximum Gasteiger partial charge on any atom is 0.305 e. The first-order valence-electron chi connectivity index (χ1n) is 6.48. The van der Waals surface area contributed by atoms with E-state index in [0.29, 0.717) is 22.9 Å². The minimum atomic E-state index is -0.978. The van der Waals surface area contributed by atoms with Gasteiger partial charge in [-0.05, 0) is 30.5 Å². The number of carboxylic acids is 1. The van der Waals surface area contributed by atoms with Crippen molar-refractivity contribution in [3.63, 3.8) is 0 Å². The molecule has 1 rings (SSSR count). The van der Waals surface area contributed by atoms with Crippen LogP contribution in [-0.4, -0.2) is 23.0 Å². The number of rotatable bonds is 8. The maximum absolute atomic E-state index is 11.7. The van der Waals surface area contributed by atoms with Crippen LogP contribution in [0.3, 0.4) is 0 Å². The van der Waals surface area contributed by atoms with Crippen LogP contribution in [-0.2, 0) is 16.0 Å². The van der Waals surface area contributed by atoms with Gasteiger partial charge >= 0.3 is 5.97 Å². The molecule has 2 N–H and O–H groups in total. The first-order valence-corrected chi connectivity index (χ1v) is 7.24. The third-order valence-corrected chi connectivity index (χ3v) is 3.43. The molecule has 0 heterocycles. The molecule has 6 heteroatoms. The molecule has 1 aromatic carbocycles. The molecule has 0 aliphatic carbocycles. The van der Waals surface area contributed by atoms with Gasteiger partial charge < -0.3 is 10.4 Å². The Kier molecular flexibility index (Phi) is 7.26. The molecule has 0 saturated carbocycles. The summed E-state index contributed by atoms with van der Waals surface area (Å²) in [6, 6.07) is 4.49. The number of carbonyl (C=O) groups excluding carboxylic acids is 1. The molecule has 0 saturated heterocycles. The van der Waals surface area contributed by atoms with Gasteiger partial charge in [-0.25, -0.2) is 0 Å². The molecule has 4 nitrogen and oxygen atoms in total. The number of carboxylic acid groups (broad SMARTS) is 1. The Morgan fingerprint density at radius 1 is 1.38 bits per heavy atom. The first-order chi connectivity index (χ1) is 9.92. The highest BCUT2D eigenvalue weighted by Crippen LogP contribution is 2.22. The summed E-state index contributed by atoms with van der Waals surface area (Å²) in [6.07, 6.45) is 2.64. The molecule has 114 valence electrons. The van der Waals surface area contributed by atoms with E-state index in [1.807, 2.05) is 0 Å². The van der Waals surface area contributed by atoms with Crippen LogP contribution in [0.5, 0.6) is 0 Å². The van der Waals surface area contributed by atoms with E-state index in [0.717, 1.165) is 5.56 Å². The molecule has 0 aromatic heterocycles. The molecule has 0 fully saturated rings. The van der Waals surface area contributed by atoms with Gasteiger partial charge in [0.2, 0.25) is 5.91 Å². The third-order valence-electron chi connectivity index (χ3n) is 2.84. The minimum absolute atomic E-state index is 0.168. The van der Waals surface area contributed by atoms with E-state index in [4.69, 9.17) is 28.3 Å². The lowest BCUT2D eigenvalue weighted by Crippen LogP contribution is -2.38. The van der Waals surface area contributed by atoms with Crippen LogP contribution in [0.15, 0.2) is 30.9 Å².